The minimum Gasteiger partial charge on any atom is -0.461 e. The molecular formula is C25H24F2O4. The Morgan fingerprint density at radius 3 is 2.19 bits per heavy atom. The number of rotatable bonds is 9. The van der Waals surface area contributed by atoms with Crippen LogP contribution in [0.1, 0.15) is 25.0 Å². The smallest absolute Gasteiger partial charge is 0.400 e. The molecule has 6 heteroatoms. The van der Waals surface area contributed by atoms with Crippen LogP contribution in [0.15, 0.2) is 78.9 Å². The molecule has 31 heavy (non-hydrogen) atoms. The third-order valence-corrected chi connectivity index (χ3v) is 4.48. The Hall–Kier alpha value is -3.41. The van der Waals surface area contributed by atoms with Crippen molar-refractivity contribution in [2.45, 2.75) is 33.0 Å². The van der Waals surface area contributed by atoms with Gasteiger partial charge >= 0.3 is 12.1 Å². The number of carbonyl (C=O) groups is 1. The molecule has 3 aromatic rings. The van der Waals surface area contributed by atoms with Crippen LogP contribution in [0.4, 0.5) is 8.78 Å². The van der Waals surface area contributed by atoms with E-state index < -0.39 is 18.0 Å². The first kappa shape index (κ1) is 22.3. The predicted octanol–water partition coefficient (Wildman–Crippen LogP) is 6.39. The van der Waals surface area contributed by atoms with Crippen LogP contribution in [0.25, 0.3) is 0 Å². The molecule has 0 N–H and O–H groups in total. The molecule has 162 valence electrons. The van der Waals surface area contributed by atoms with Crippen molar-refractivity contribution in [3.05, 3.63) is 90.0 Å². The quantitative estimate of drug-likeness (QED) is 0.372. The molecule has 0 radical (unpaired) electrons. The minimum atomic E-state index is -3.25. The number of ether oxygens (including phenoxy) is 3. The number of alkyl halides is 2. The third kappa shape index (κ3) is 6.81. The van der Waals surface area contributed by atoms with Gasteiger partial charge in [0.1, 0.15) is 23.9 Å². The summed E-state index contributed by atoms with van der Waals surface area (Å²) in [4.78, 5) is 12.2. The number of hydrogen-bond donors (Lipinski definition) is 0. The highest BCUT2D eigenvalue weighted by atomic mass is 19.3. The molecule has 0 saturated heterocycles. The van der Waals surface area contributed by atoms with E-state index in [0.717, 1.165) is 11.3 Å². The van der Waals surface area contributed by atoms with E-state index in [1.165, 1.54) is 26.0 Å². The number of hydrogen-bond acceptors (Lipinski definition) is 4. The van der Waals surface area contributed by atoms with Crippen LogP contribution in [-0.4, -0.2) is 12.1 Å². The lowest BCUT2D eigenvalue weighted by molar-refractivity contribution is -0.207. The van der Waals surface area contributed by atoms with E-state index in [0.29, 0.717) is 11.3 Å². The summed E-state index contributed by atoms with van der Waals surface area (Å²) in [6.07, 6.45) is -3.22. The van der Waals surface area contributed by atoms with E-state index >= 15 is 0 Å². The summed E-state index contributed by atoms with van der Waals surface area (Å²) in [6.45, 7) is 2.87. The van der Waals surface area contributed by atoms with Crippen molar-refractivity contribution in [1.29, 1.82) is 0 Å². The average molecular weight is 426 g/mol. The fourth-order valence-electron chi connectivity index (χ4n) is 2.66. The van der Waals surface area contributed by atoms with Crippen LogP contribution < -0.4 is 9.47 Å². The second kappa shape index (κ2) is 10.1. The molecule has 3 aromatic carbocycles. The van der Waals surface area contributed by atoms with Crippen molar-refractivity contribution in [2.24, 2.45) is 5.92 Å². The summed E-state index contributed by atoms with van der Waals surface area (Å²) >= 11 is 0. The Morgan fingerprint density at radius 2 is 1.52 bits per heavy atom. The van der Waals surface area contributed by atoms with Crippen molar-refractivity contribution in [3.63, 3.8) is 0 Å². The third-order valence-electron chi connectivity index (χ3n) is 4.48. The zero-order chi connectivity index (χ0) is 22.3. The first-order valence-corrected chi connectivity index (χ1v) is 9.95. The van der Waals surface area contributed by atoms with Crippen LogP contribution >= 0.6 is 0 Å². The summed E-state index contributed by atoms with van der Waals surface area (Å²) in [5, 5.41) is 0. The first-order chi connectivity index (χ1) is 14.8. The molecule has 0 saturated carbocycles. The highest BCUT2D eigenvalue weighted by molar-refractivity contribution is 5.72. The summed E-state index contributed by atoms with van der Waals surface area (Å²) in [6, 6.07) is 22.7. The fraction of sp³-hybridized carbons (Fsp3) is 0.240. The van der Waals surface area contributed by atoms with Crippen LogP contribution in [0.2, 0.25) is 0 Å². The first-order valence-electron chi connectivity index (χ1n) is 9.95. The number of carbonyl (C=O) groups excluding carboxylic acids is 1. The molecule has 0 aliphatic heterocycles. The topological polar surface area (TPSA) is 44.8 Å². The Kier molecular flexibility index (Phi) is 7.23. The summed E-state index contributed by atoms with van der Waals surface area (Å²) < 4.78 is 43.1. The van der Waals surface area contributed by atoms with Crippen molar-refractivity contribution in [2.75, 3.05) is 0 Å². The maximum atomic E-state index is 13.6. The van der Waals surface area contributed by atoms with Gasteiger partial charge in [0.25, 0.3) is 0 Å². The highest BCUT2D eigenvalue weighted by Gasteiger charge is 2.35. The summed E-state index contributed by atoms with van der Waals surface area (Å²) in [5.41, 5.74) is 1.44. The van der Waals surface area contributed by atoms with Crippen molar-refractivity contribution in [1.82, 2.24) is 0 Å². The van der Waals surface area contributed by atoms with Gasteiger partial charge in [0, 0.05) is 0 Å². The van der Waals surface area contributed by atoms with Gasteiger partial charge in [-0.1, -0.05) is 56.3 Å². The zero-order valence-electron chi connectivity index (χ0n) is 17.4. The van der Waals surface area contributed by atoms with Crippen LogP contribution in [0.5, 0.6) is 17.2 Å². The second-order valence-electron chi connectivity index (χ2n) is 7.36. The van der Waals surface area contributed by atoms with Gasteiger partial charge in [-0.25, -0.2) is 0 Å². The molecule has 0 bridgehead atoms. The lowest BCUT2D eigenvalue weighted by Crippen LogP contribution is -2.31. The predicted molar refractivity (Wildman–Crippen MR) is 113 cm³/mol. The second-order valence-corrected chi connectivity index (χ2v) is 7.36. The summed E-state index contributed by atoms with van der Waals surface area (Å²) in [7, 11) is 0. The van der Waals surface area contributed by atoms with E-state index in [1.54, 1.807) is 18.2 Å². The van der Waals surface area contributed by atoms with Crippen molar-refractivity contribution >= 4 is 5.97 Å². The molecule has 0 aromatic heterocycles. The lowest BCUT2D eigenvalue weighted by atomic mass is 10.1. The molecule has 0 heterocycles. The number of para-hydroxylation sites is 1. The fourth-order valence-corrected chi connectivity index (χ4v) is 2.66. The molecule has 0 spiro atoms. The van der Waals surface area contributed by atoms with Gasteiger partial charge in [0.2, 0.25) is 0 Å². The van der Waals surface area contributed by atoms with E-state index in [4.69, 9.17) is 14.2 Å². The minimum absolute atomic E-state index is 0.0288. The zero-order valence-corrected chi connectivity index (χ0v) is 17.4. The van der Waals surface area contributed by atoms with Crippen LogP contribution in [-0.2, 0) is 22.6 Å². The Bertz CT molecular complexity index is 986. The van der Waals surface area contributed by atoms with E-state index in [2.05, 4.69) is 0 Å². The molecule has 0 aliphatic rings. The standard InChI is InChI=1S/C25H24F2O4/c1-18(2)25(26,27)31-22-13-11-19(12-14-22)16-24(28)29-17-20-7-6-10-23(15-20)30-21-8-4-3-5-9-21/h3-15,18H,16-17H2,1-2H3. The SMILES string of the molecule is CC(C)C(F)(F)Oc1ccc(CC(=O)OCc2cccc(Oc3ccccc3)c2)cc1. The molecule has 0 aliphatic carbocycles. The van der Waals surface area contributed by atoms with Crippen molar-refractivity contribution in [3.8, 4) is 17.2 Å². The Morgan fingerprint density at radius 1 is 0.839 bits per heavy atom. The molecule has 0 fully saturated rings. The molecule has 0 unspecified atom stereocenters. The Balaban J connectivity index is 1.51. The van der Waals surface area contributed by atoms with Crippen LogP contribution in [0.3, 0.4) is 0 Å². The largest absolute Gasteiger partial charge is 0.461 e. The van der Waals surface area contributed by atoms with Crippen molar-refractivity contribution < 1.29 is 27.8 Å². The molecule has 0 amide bonds. The maximum absolute atomic E-state index is 13.6. The number of halogens is 2. The van der Waals surface area contributed by atoms with Gasteiger partial charge < -0.3 is 14.2 Å². The van der Waals surface area contributed by atoms with Gasteiger partial charge in [-0.3, -0.25) is 4.79 Å². The molecule has 4 nitrogen and oxygen atoms in total. The van der Waals surface area contributed by atoms with Gasteiger partial charge in [-0.15, -0.1) is 0 Å². The van der Waals surface area contributed by atoms with Gasteiger partial charge in [-0.05, 0) is 47.5 Å². The van der Waals surface area contributed by atoms with Gasteiger partial charge in [0.05, 0.1) is 12.3 Å². The number of benzene rings is 3. The average Bonchev–Trinajstić information content (AvgIpc) is 2.74. The van der Waals surface area contributed by atoms with Crippen LogP contribution in [0, 0.1) is 5.92 Å². The van der Waals surface area contributed by atoms with Gasteiger partial charge in [-0.2, -0.15) is 8.78 Å². The highest BCUT2D eigenvalue weighted by Crippen LogP contribution is 2.28. The number of esters is 1. The van der Waals surface area contributed by atoms with E-state index in [-0.39, 0.29) is 18.8 Å². The lowest BCUT2D eigenvalue weighted by Gasteiger charge is -2.21. The molecule has 0 atom stereocenters. The summed E-state index contributed by atoms with van der Waals surface area (Å²) in [5.74, 6) is 0.0455. The molecule has 3 rings (SSSR count). The molecular weight excluding hydrogens is 402 g/mol. The van der Waals surface area contributed by atoms with Gasteiger partial charge in [0.15, 0.2) is 0 Å². The van der Waals surface area contributed by atoms with E-state index in [1.807, 2.05) is 48.5 Å². The van der Waals surface area contributed by atoms with E-state index in [9.17, 15) is 13.6 Å². The monoisotopic (exact) mass is 426 g/mol. The Labute approximate surface area is 180 Å². The normalized spacial score (nSPS) is 11.3. The maximum Gasteiger partial charge on any atom is 0.400 e.